The Kier molecular flexibility index (Phi) is 4.18. The molecule has 0 aliphatic rings. The fourth-order valence-electron chi connectivity index (χ4n) is 1.46. The molecule has 0 amide bonds. The lowest BCUT2D eigenvalue weighted by atomic mass is 10.3. The first-order valence-electron chi connectivity index (χ1n) is 5.21. The van der Waals surface area contributed by atoms with Crippen LogP contribution < -0.4 is 0 Å². The van der Waals surface area contributed by atoms with Gasteiger partial charge in [0.1, 0.15) is 4.21 Å². The van der Waals surface area contributed by atoms with Gasteiger partial charge in [-0.05, 0) is 34.5 Å². The zero-order chi connectivity index (χ0) is 13.2. The van der Waals surface area contributed by atoms with Crippen LogP contribution in [0.2, 0.25) is 0 Å². The summed E-state index contributed by atoms with van der Waals surface area (Å²) in [5.41, 5.74) is 0.977. The number of rotatable bonds is 5. The van der Waals surface area contributed by atoms with E-state index in [0.29, 0.717) is 11.4 Å². The Hall–Kier alpha value is -0.730. The van der Waals surface area contributed by atoms with Crippen molar-refractivity contribution in [2.75, 3.05) is 7.05 Å². The third-order valence-electron chi connectivity index (χ3n) is 2.44. The summed E-state index contributed by atoms with van der Waals surface area (Å²) in [7, 11) is -1.90. The van der Waals surface area contributed by atoms with Crippen molar-refractivity contribution in [1.82, 2.24) is 4.31 Å². The molecule has 1 N–H and O–H groups in total. The van der Waals surface area contributed by atoms with E-state index in [1.807, 2.05) is 16.8 Å². The van der Waals surface area contributed by atoms with E-state index in [4.69, 9.17) is 5.11 Å². The molecule has 2 heterocycles. The van der Waals surface area contributed by atoms with Gasteiger partial charge in [-0.2, -0.15) is 15.6 Å². The van der Waals surface area contributed by atoms with Gasteiger partial charge in [0.25, 0.3) is 10.0 Å². The Balaban J connectivity index is 2.19. The molecule has 0 aliphatic heterocycles. The van der Waals surface area contributed by atoms with E-state index in [0.717, 1.165) is 16.9 Å². The first-order valence-corrected chi connectivity index (χ1v) is 8.41. The second-order valence-corrected chi connectivity index (χ2v) is 7.99. The number of hydrogen-bond acceptors (Lipinski definition) is 5. The molecule has 0 atom stereocenters. The fourth-order valence-corrected chi connectivity index (χ4v) is 4.71. The molecule has 0 aliphatic carbocycles. The molecule has 4 nitrogen and oxygen atoms in total. The van der Waals surface area contributed by atoms with E-state index in [9.17, 15) is 8.42 Å². The standard InChI is InChI=1S/C11H13NO3S3/c1-12(6-9-4-5-16-8-9)18(14,15)11-3-2-10(7-13)17-11/h2-5,8,13H,6-7H2,1H3. The highest BCUT2D eigenvalue weighted by Crippen LogP contribution is 2.25. The van der Waals surface area contributed by atoms with Crippen molar-refractivity contribution in [3.8, 4) is 0 Å². The third-order valence-corrected chi connectivity index (χ3v) is 6.52. The van der Waals surface area contributed by atoms with Gasteiger partial charge in [0.2, 0.25) is 0 Å². The summed E-state index contributed by atoms with van der Waals surface area (Å²) in [5.74, 6) is 0. The van der Waals surface area contributed by atoms with Crippen LogP contribution >= 0.6 is 22.7 Å². The minimum Gasteiger partial charge on any atom is -0.391 e. The van der Waals surface area contributed by atoms with Gasteiger partial charge >= 0.3 is 0 Å². The van der Waals surface area contributed by atoms with Crippen molar-refractivity contribution in [3.05, 3.63) is 39.4 Å². The van der Waals surface area contributed by atoms with Gasteiger partial charge in [-0.3, -0.25) is 0 Å². The van der Waals surface area contributed by atoms with E-state index < -0.39 is 10.0 Å². The molecule has 2 aromatic heterocycles. The van der Waals surface area contributed by atoms with Crippen LogP contribution in [0.5, 0.6) is 0 Å². The van der Waals surface area contributed by atoms with Crippen molar-refractivity contribution in [2.24, 2.45) is 0 Å². The highest BCUT2D eigenvalue weighted by atomic mass is 32.2. The quantitative estimate of drug-likeness (QED) is 0.920. The summed E-state index contributed by atoms with van der Waals surface area (Å²) in [4.78, 5) is 0.650. The number of aliphatic hydroxyl groups is 1. The Labute approximate surface area is 114 Å². The summed E-state index contributed by atoms with van der Waals surface area (Å²) < 4.78 is 26.1. The SMILES string of the molecule is CN(Cc1ccsc1)S(=O)(=O)c1ccc(CO)s1. The lowest BCUT2D eigenvalue weighted by Crippen LogP contribution is -2.25. The normalized spacial score (nSPS) is 12.2. The van der Waals surface area contributed by atoms with Crippen LogP contribution in [-0.2, 0) is 23.2 Å². The molecule has 0 saturated heterocycles. The van der Waals surface area contributed by atoms with Crippen LogP contribution in [0.1, 0.15) is 10.4 Å². The molecule has 2 aromatic rings. The Morgan fingerprint density at radius 3 is 2.67 bits per heavy atom. The Morgan fingerprint density at radius 1 is 1.33 bits per heavy atom. The zero-order valence-corrected chi connectivity index (χ0v) is 12.2. The predicted molar refractivity (Wildman–Crippen MR) is 73.2 cm³/mol. The first kappa shape index (κ1) is 13.7. The van der Waals surface area contributed by atoms with Crippen LogP contribution in [-0.4, -0.2) is 24.9 Å². The van der Waals surface area contributed by atoms with Crippen molar-refractivity contribution < 1.29 is 13.5 Å². The summed E-state index contributed by atoms with van der Waals surface area (Å²) in [6.07, 6.45) is 0. The average molecular weight is 303 g/mol. The molecule has 0 unspecified atom stereocenters. The monoisotopic (exact) mass is 303 g/mol. The highest BCUT2D eigenvalue weighted by molar-refractivity contribution is 7.91. The summed E-state index contributed by atoms with van der Waals surface area (Å²) in [6.45, 7) is 0.229. The van der Waals surface area contributed by atoms with Gasteiger partial charge in [0.15, 0.2) is 0 Å². The molecular formula is C11H13NO3S3. The molecule has 0 radical (unpaired) electrons. The summed E-state index contributed by atoms with van der Waals surface area (Å²) in [5, 5.41) is 12.8. The minimum atomic E-state index is -3.46. The summed E-state index contributed by atoms with van der Waals surface area (Å²) in [6, 6.07) is 5.08. The van der Waals surface area contributed by atoms with E-state index >= 15 is 0 Å². The topological polar surface area (TPSA) is 57.6 Å². The van der Waals surface area contributed by atoms with E-state index in [1.54, 1.807) is 24.5 Å². The van der Waals surface area contributed by atoms with Gasteiger partial charge < -0.3 is 5.11 Å². The van der Waals surface area contributed by atoms with E-state index in [2.05, 4.69) is 0 Å². The van der Waals surface area contributed by atoms with Crippen molar-refractivity contribution >= 4 is 32.7 Å². The number of thiophene rings is 2. The average Bonchev–Trinajstić information content (AvgIpc) is 2.99. The maximum absolute atomic E-state index is 12.2. The van der Waals surface area contributed by atoms with Crippen LogP contribution in [0, 0.1) is 0 Å². The second kappa shape index (κ2) is 5.50. The Morgan fingerprint density at radius 2 is 2.11 bits per heavy atom. The number of nitrogens with zero attached hydrogens (tertiary/aromatic N) is 1. The van der Waals surface area contributed by atoms with Gasteiger partial charge in [-0.25, -0.2) is 8.42 Å². The molecule has 0 spiro atoms. The van der Waals surface area contributed by atoms with Gasteiger partial charge in [0, 0.05) is 18.5 Å². The highest BCUT2D eigenvalue weighted by Gasteiger charge is 2.22. The van der Waals surface area contributed by atoms with Crippen LogP contribution in [0.3, 0.4) is 0 Å². The van der Waals surface area contributed by atoms with Crippen LogP contribution in [0.15, 0.2) is 33.2 Å². The summed E-state index contributed by atoms with van der Waals surface area (Å²) >= 11 is 2.65. The number of sulfonamides is 1. The lowest BCUT2D eigenvalue weighted by Gasteiger charge is -2.15. The molecule has 0 aromatic carbocycles. The molecule has 7 heteroatoms. The maximum Gasteiger partial charge on any atom is 0.252 e. The van der Waals surface area contributed by atoms with E-state index in [-0.39, 0.29) is 10.8 Å². The molecule has 98 valence electrons. The molecule has 2 rings (SSSR count). The van der Waals surface area contributed by atoms with Crippen molar-refractivity contribution in [2.45, 2.75) is 17.4 Å². The van der Waals surface area contributed by atoms with Crippen LogP contribution in [0.4, 0.5) is 0 Å². The predicted octanol–water partition coefficient (Wildman–Crippen LogP) is 2.12. The molecular weight excluding hydrogens is 290 g/mol. The van der Waals surface area contributed by atoms with Crippen LogP contribution in [0.25, 0.3) is 0 Å². The maximum atomic E-state index is 12.2. The fraction of sp³-hybridized carbons (Fsp3) is 0.273. The third kappa shape index (κ3) is 2.81. The van der Waals surface area contributed by atoms with Gasteiger partial charge in [-0.1, -0.05) is 0 Å². The van der Waals surface area contributed by atoms with Gasteiger partial charge in [-0.15, -0.1) is 11.3 Å². The molecule has 0 bridgehead atoms. The smallest absolute Gasteiger partial charge is 0.252 e. The molecule has 0 fully saturated rings. The lowest BCUT2D eigenvalue weighted by molar-refractivity contribution is 0.285. The van der Waals surface area contributed by atoms with Crippen molar-refractivity contribution in [3.63, 3.8) is 0 Å². The number of aliphatic hydroxyl groups excluding tert-OH is 1. The number of hydrogen-bond donors (Lipinski definition) is 1. The largest absolute Gasteiger partial charge is 0.391 e. The molecule has 18 heavy (non-hydrogen) atoms. The van der Waals surface area contributed by atoms with Crippen molar-refractivity contribution in [1.29, 1.82) is 0 Å². The Bertz CT molecular complexity index is 601. The zero-order valence-electron chi connectivity index (χ0n) is 9.74. The second-order valence-electron chi connectivity index (χ2n) is 3.77. The minimum absolute atomic E-state index is 0.131. The van der Waals surface area contributed by atoms with E-state index in [1.165, 1.54) is 10.4 Å². The first-order chi connectivity index (χ1) is 8.54. The molecule has 0 saturated carbocycles. The van der Waals surface area contributed by atoms with Gasteiger partial charge in [0.05, 0.1) is 6.61 Å².